The van der Waals surface area contributed by atoms with Gasteiger partial charge in [-0.05, 0) is 38.5 Å². The zero-order chi connectivity index (χ0) is 17.3. The average molecular weight is 329 g/mol. The van der Waals surface area contributed by atoms with Crippen LogP contribution >= 0.6 is 0 Å². The molecule has 1 saturated carbocycles. The number of carbonyl (C=O) groups is 1. The van der Waals surface area contributed by atoms with E-state index < -0.39 is 11.6 Å². The number of carboxylic acids is 1. The van der Waals surface area contributed by atoms with E-state index in [9.17, 15) is 9.90 Å². The van der Waals surface area contributed by atoms with E-state index in [-0.39, 0.29) is 12.3 Å². The zero-order valence-corrected chi connectivity index (χ0v) is 13.4. The summed E-state index contributed by atoms with van der Waals surface area (Å²) in [5, 5.41) is 23.5. The number of hydrogen-bond donors (Lipinski definition) is 3. The maximum Gasteiger partial charge on any atom is 0.303 e. The van der Waals surface area contributed by atoms with Crippen LogP contribution in [0, 0.1) is 24.7 Å². The van der Waals surface area contributed by atoms with Gasteiger partial charge >= 0.3 is 5.97 Å². The fourth-order valence-corrected chi connectivity index (χ4v) is 3.04. The highest BCUT2D eigenvalue weighted by Gasteiger charge is 2.32. The van der Waals surface area contributed by atoms with Gasteiger partial charge in [0.15, 0.2) is 0 Å². The standard InChI is InChI=1S/C16H19N5O3/c1-10-12(14(17)21-15(20-10)18-9-19-21)4-7-16(24)5-2-11(3-6-16)8-13(22)23/h9,11,24H,2-3,5-6,8,17H2,1H3,(H,22,23). The quantitative estimate of drug-likeness (QED) is 0.694. The average Bonchev–Trinajstić information content (AvgIpc) is 2.97. The molecule has 0 saturated heterocycles. The molecule has 24 heavy (non-hydrogen) atoms. The third-order valence-corrected chi connectivity index (χ3v) is 4.46. The van der Waals surface area contributed by atoms with E-state index in [4.69, 9.17) is 10.8 Å². The molecule has 1 fully saturated rings. The van der Waals surface area contributed by atoms with Crippen molar-refractivity contribution in [3.8, 4) is 11.8 Å². The van der Waals surface area contributed by atoms with E-state index in [1.54, 1.807) is 6.92 Å². The van der Waals surface area contributed by atoms with Gasteiger partial charge in [0, 0.05) is 6.42 Å². The van der Waals surface area contributed by atoms with Crippen LogP contribution in [0.3, 0.4) is 0 Å². The van der Waals surface area contributed by atoms with E-state index in [2.05, 4.69) is 26.9 Å². The van der Waals surface area contributed by atoms with Crippen molar-refractivity contribution in [1.29, 1.82) is 0 Å². The fraction of sp³-hybridized carbons (Fsp3) is 0.500. The molecule has 3 rings (SSSR count). The normalized spacial score (nSPS) is 23.7. The number of carboxylic acid groups (broad SMARTS) is 1. The molecule has 2 aromatic rings. The smallest absolute Gasteiger partial charge is 0.303 e. The van der Waals surface area contributed by atoms with Crippen molar-refractivity contribution in [2.24, 2.45) is 5.92 Å². The number of fused-ring (bicyclic) bond motifs is 1. The van der Waals surface area contributed by atoms with E-state index in [1.807, 2.05) is 0 Å². The van der Waals surface area contributed by atoms with Gasteiger partial charge < -0.3 is 15.9 Å². The van der Waals surface area contributed by atoms with Crippen molar-refractivity contribution in [3.05, 3.63) is 17.6 Å². The molecule has 0 unspecified atom stereocenters. The molecule has 1 aliphatic rings. The van der Waals surface area contributed by atoms with E-state index >= 15 is 0 Å². The molecule has 1 aliphatic carbocycles. The molecule has 0 atom stereocenters. The number of aryl methyl sites for hydroxylation is 1. The lowest BCUT2D eigenvalue weighted by Gasteiger charge is -2.31. The Hall–Kier alpha value is -2.66. The molecule has 0 amide bonds. The number of nitrogens with two attached hydrogens (primary N) is 1. The summed E-state index contributed by atoms with van der Waals surface area (Å²) in [7, 11) is 0. The highest BCUT2D eigenvalue weighted by Crippen LogP contribution is 2.33. The maximum atomic E-state index is 10.8. The molecule has 2 heterocycles. The summed E-state index contributed by atoms with van der Waals surface area (Å²) in [5.74, 6) is 5.89. The van der Waals surface area contributed by atoms with Gasteiger partial charge in [-0.3, -0.25) is 4.79 Å². The van der Waals surface area contributed by atoms with Crippen LogP contribution in [-0.2, 0) is 4.79 Å². The van der Waals surface area contributed by atoms with Gasteiger partial charge in [-0.25, -0.2) is 4.98 Å². The molecule has 0 aliphatic heterocycles. The Labute approximate surface area is 138 Å². The SMILES string of the molecule is Cc1nc2ncnn2c(N)c1C#CC1(O)CCC(CC(=O)O)CC1. The zero-order valence-electron chi connectivity index (χ0n) is 13.4. The number of aliphatic carboxylic acids is 1. The van der Waals surface area contributed by atoms with Crippen molar-refractivity contribution in [2.45, 2.75) is 44.6 Å². The van der Waals surface area contributed by atoms with Gasteiger partial charge in [0.05, 0.1) is 11.3 Å². The van der Waals surface area contributed by atoms with Crippen LogP contribution in [0.2, 0.25) is 0 Å². The first-order valence-corrected chi connectivity index (χ1v) is 7.81. The summed E-state index contributed by atoms with van der Waals surface area (Å²) < 4.78 is 1.41. The molecular weight excluding hydrogens is 310 g/mol. The van der Waals surface area contributed by atoms with Gasteiger partial charge in [0.2, 0.25) is 0 Å². The first-order chi connectivity index (χ1) is 11.4. The first-order valence-electron chi connectivity index (χ1n) is 7.81. The molecule has 126 valence electrons. The minimum Gasteiger partial charge on any atom is -0.481 e. The second-order valence-electron chi connectivity index (χ2n) is 6.25. The maximum absolute atomic E-state index is 10.8. The number of nitrogen functional groups attached to an aromatic ring is 1. The van der Waals surface area contributed by atoms with E-state index in [0.29, 0.717) is 48.5 Å². The summed E-state index contributed by atoms with van der Waals surface area (Å²) >= 11 is 0. The van der Waals surface area contributed by atoms with Crippen LogP contribution in [0.15, 0.2) is 6.33 Å². The summed E-state index contributed by atoms with van der Waals surface area (Å²) in [6, 6.07) is 0. The Morgan fingerprint density at radius 2 is 2.21 bits per heavy atom. The molecule has 2 aromatic heterocycles. The van der Waals surface area contributed by atoms with E-state index in [1.165, 1.54) is 10.8 Å². The molecule has 8 heteroatoms. The predicted octanol–water partition coefficient (Wildman–Crippen LogP) is 0.762. The lowest BCUT2D eigenvalue weighted by Crippen LogP contribution is -2.33. The van der Waals surface area contributed by atoms with Crippen LogP contribution in [0.1, 0.15) is 43.4 Å². The van der Waals surface area contributed by atoms with Gasteiger partial charge in [-0.1, -0.05) is 11.8 Å². The Morgan fingerprint density at radius 3 is 2.88 bits per heavy atom. The molecule has 4 N–H and O–H groups in total. The van der Waals surface area contributed by atoms with Gasteiger partial charge in [-0.2, -0.15) is 14.6 Å². The molecule has 0 radical (unpaired) electrons. The van der Waals surface area contributed by atoms with Crippen LogP contribution in [-0.4, -0.2) is 41.4 Å². The van der Waals surface area contributed by atoms with Crippen molar-refractivity contribution in [3.63, 3.8) is 0 Å². The number of nitrogens with zero attached hydrogens (tertiary/aromatic N) is 4. The first kappa shape index (κ1) is 16.2. The highest BCUT2D eigenvalue weighted by atomic mass is 16.4. The third-order valence-electron chi connectivity index (χ3n) is 4.46. The molecule has 0 aromatic carbocycles. The number of hydrogen-bond acceptors (Lipinski definition) is 6. The lowest BCUT2D eigenvalue weighted by atomic mass is 9.78. The molecular formula is C16H19N5O3. The summed E-state index contributed by atoms with van der Waals surface area (Å²) in [4.78, 5) is 19.1. The minimum absolute atomic E-state index is 0.101. The topological polar surface area (TPSA) is 127 Å². The van der Waals surface area contributed by atoms with E-state index in [0.717, 1.165) is 0 Å². The molecule has 0 bridgehead atoms. The third kappa shape index (κ3) is 3.16. The second-order valence-corrected chi connectivity index (χ2v) is 6.25. The second kappa shape index (κ2) is 6.09. The monoisotopic (exact) mass is 329 g/mol. The number of rotatable bonds is 2. The summed E-state index contributed by atoms with van der Waals surface area (Å²) in [6.07, 6.45) is 3.71. The summed E-state index contributed by atoms with van der Waals surface area (Å²) in [5.41, 5.74) is 6.10. The molecule has 8 nitrogen and oxygen atoms in total. The van der Waals surface area contributed by atoms with Gasteiger partial charge in [0.1, 0.15) is 17.7 Å². The van der Waals surface area contributed by atoms with Crippen molar-refractivity contribution < 1.29 is 15.0 Å². The summed E-state index contributed by atoms with van der Waals surface area (Å²) in [6.45, 7) is 1.78. The highest BCUT2D eigenvalue weighted by molar-refractivity contribution is 5.67. The number of aromatic nitrogens is 4. The molecule has 0 spiro atoms. The van der Waals surface area contributed by atoms with Gasteiger partial charge in [0.25, 0.3) is 5.78 Å². The Bertz CT molecular complexity index is 840. The van der Waals surface area contributed by atoms with Crippen molar-refractivity contribution in [1.82, 2.24) is 19.6 Å². The van der Waals surface area contributed by atoms with Crippen molar-refractivity contribution in [2.75, 3.05) is 5.73 Å². The van der Waals surface area contributed by atoms with Crippen LogP contribution < -0.4 is 5.73 Å². The lowest BCUT2D eigenvalue weighted by molar-refractivity contribution is -0.138. The number of anilines is 1. The van der Waals surface area contributed by atoms with Gasteiger partial charge in [-0.15, -0.1) is 0 Å². The largest absolute Gasteiger partial charge is 0.481 e. The predicted molar refractivity (Wildman–Crippen MR) is 86.0 cm³/mol. The Morgan fingerprint density at radius 1 is 1.50 bits per heavy atom. The van der Waals surface area contributed by atoms with Crippen LogP contribution in [0.5, 0.6) is 0 Å². The Kier molecular flexibility index (Phi) is 4.11. The fourth-order valence-electron chi connectivity index (χ4n) is 3.04. The minimum atomic E-state index is -1.12. The Balaban J connectivity index is 1.81. The van der Waals surface area contributed by atoms with Crippen molar-refractivity contribution >= 4 is 17.6 Å². The van der Waals surface area contributed by atoms with Crippen LogP contribution in [0.4, 0.5) is 5.82 Å². The van der Waals surface area contributed by atoms with Crippen LogP contribution in [0.25, 0.3) is 5.78 Å². The number of aliphatic hydroxyl groups is 1.